The first-order chi connectivity index (χ1) is 38.8. The van der Waals surface area contributed by atoms with Gasteiger partial charge in [0.2, 0.25) is 53.2 Å². The highest BCUT2D eigenvalue weighted by Gasteiger charge is 2.40. The molecule has 4 aliphatic heterocycles. The third-order valence-corrected chi connectivity index (χ3v) is 14.4. The molecule has 0 spiro atoms. The number of rotatable bonds is 17. The average Bonchev–Trinajstić information content (AvgIpc) is 3.12. The molecule has 0 radical (unpaired) electrons. The van der Waals surface area contributed by atoms with Crippen molar-refractivity contribution in [2.75, 3.05) is 19.6 Å². The molecule has 6 heterocycles. The van der Waals surface area contributed by atoms with Crippen molar-refractivity contribution < 1.29 is 53.1 Å². The van der Waals surface area contributed by atoms with Crippen LogP contribution in [0.5, 0.6) is 0 Å². The van der Waals surface area contributed by atoms with Gasteiger partial charge in [0.15, 0.2) is 11.9 Å². The molecule has 1 saturated heterocycles. The van der Waals surface area contributed by atoms with Gasteiger partial charge in [-0.3, -0.25) is 57.7 Å². The van der Waals surface area contributed by atoms with Crippen molar-refractivity contribution in [3.63, 3.8) is 0 Å². The van der Waals surface area contributed by atoms with Crippen molar-refractivity contribution in [3.05, 3.63) is 47.5 Å². The van der Waals surface area contributed by atoms with Gasteiger partial charge in [0, 0.05) is 60.9 Å². The molecule has 9 amide bonds. The standard InChI is InChI=1S/C53H78N18O11/c1-24(2)17-35-48(78)69-41(26(5)6)49(79)68-37-20-30-29-12-11-27(40(25(3)4)42(50(80)67-35)70-45(75)32-13-14-38(72)62-32)18-34(29)64-43(30)71-22-28(61-23-71)19-36(46(76)66-33(51(81)82)10-8-16-59-53(56)57)63-39(73)21-60-44(74)31(65-47(37)77)9-7-15-58-52(54)55/h11-12,18,22-26,31-33,35-37,40-42,64H,7-10,13-17,19-21H2,1-6H3,(H,60,74)(H,62,72)(H,63,73)(H,65,77)(H,66,76)(H,67,80)(H,68,79)(H,69,78)(H,70,75)(H,81,82)(H4,54,55,58)(H4,56,57,59)/t31-,32-,33-,35-,36-,37+,40+,41-,42-/m1/s1. The van der Waals surface area contributed by atoms with E-state index < -0.39 is 120 Å². The molecule has 19 N–H and O–H groups in total. The summed E-state index contributed by atoms with van der Waals surface area (Å²) < 4.78 is 1.56. The molecule has 446 valence electrons. The number of fused-ring (bicyclic) bond motifs is 13. The van der Waals surface area contributed by atoms with Crippen LogP contribution < -0.4 is 70.8 Å². The number of imidazole rings is 1. The number of carbonyl (C=O) groups excluding carboxylic acids is 9. The molecule has 2 aromatic heterocycles. The van der Waals surface area contributed by atoms with Crippen LogP contribution in [0.25, 0.3) is 16.7 Å². The Morgan fingerprint density at radius 2 is 1.44 bits per heavy atom. The zero-order chi connectivity index (χ0) is 60.1. The van der Waals surface area contributed by atoms with Gasteiger partial charge in [-0.15, -0.1) is 0 Å². The number of aliphatic imine (C=N–C) groups is 2. The maximum absolute atomic E-state index is 15.0. The van der Waals surface area contributed by atoms with E-state index in [0.717, 1.165) is 0 Å². The maximum atomic E-state index is 15.0. The highest BCUT2D eigenvalue weighted by atomic mass is 16.4. The van der Waals surface area contributed by atoms with Crippen LogP contribution in [0.15, 0.2) is 40.7 Å². The van der Waals surface area contributed by atoms with Crippen LogP contribution in [0.4, 0.5) is 0 Å². The van der Waals surface area contributed by atoms with Gasteiger partial charge >= 0.3 is 5.97 Å². The van der Waals surface area contributed by atoms with Crippen molar-refractivity contribution in [2.45, 2.75) is 154 Å². The third-order valence-electron chi connectivity index (χ3n) is 14.4. The number of nitrogens with two attached hydrogens (primary N) is 4. The van der Waals surface area contributed by atoms with Crippen LogP contribution in [0.3, 0.4) is 0 Å². The molecule has 0 aliphatic carbocycles. The second kappa shape index (κ2) is 28.1. The summed E-state index contributed by atoms with van der Waals surface area (Å²) in [7, 11) is 0. The summed E-state index contributed by atoms with van der Waals surface area (Å²) >= 11 is 0. The van der Waals surface area contributed by atoms with Crippen LogP contribution in [0.2, 0.25) is 0 Å². The number of nitrogens with one attached hydrogen (secondary N) is 10. The van der Waals surface area contributed by atoms with Crippen LogP contribution in [-0.2, 0) is 60.8 Å². The lowest BCUT2D eigenvalue weighted by atomic mass is 9.81. The monoisotopic (exact) mass is 1140 g/mol. The number of carboxylic acid groups (broad SMARTS) is 1. The van der Waals surface area contributed by atoms with Crippen molar-refractivity contribution in [1.82, 2.24) is 62.4 Å². The normalized spacial score (nSPS) is 23.4. The van der Waals surface area contributed by atoms with Crippen molar-refractivity contribution >= 4 is 82.0 Å². The number of hydrogen-bond acceptors (Lipinski definition) is 13. The Kier molecular flexibility index (Phi) is 21.4. The summed E-state index contributed by atoms with van der Waals surface area (Å²) in [5.74, 6) is -9.99. The molecule has 29 nitrogen and oxygen atoms in total. The second-order valence-corrected chi connectivity index (χ2v) is 22.0. The number of guanidine groups is 2. The summed E-state index contributed by atoms with van der Waals surface area (Å²) in [6.07, 6.45) is 2.94. The number of benzene rings is 1. The van der Waals surface area contributed by atoms with Crippen LogP contribution in [-0.4, -0.2) is 159 Å². The minimum atomic E-state index is -1.49. The summed E-state index contributed by atoms with van der Waals surface area (Å²) in [5.41, 5.74) is 23.6. The van der Waals surface area contributed by atoms with E-state index in [2.05, 4.69) is 67.8 Å². The summed E-state index contributed by atoms with van der Waals surface area (Å²) in [4.78, 5) is 156. The van der Waals surface area contributed by atoms with Crippen LogP contribution in [0.1, 0.15) is 109 Å². The Labute approximate surface area is 473 Å². The SMILES string of the molecule is CC(C)C[C@H]1NC(=O)[C@H](NC(=O)[C@H]2CCC(=O)N2)[C@@H](C(C)C)c2ccc3c4c([nH]c3c2)-n2cnc(c2)C[C@H](C(=O)N[C@H](CCCN=C(N)N)C(=O)O)NC(=O)CNC(=O)[C@@H](CCCN=C(N)N)NC(=O)[C@H](C4)NC(=O)[C@@H](C(C)C)NC1=O. The predicted molar refractivity (Wildman–Crippen MR) is 300 cm³/mol. The molecule has 3 aromatic rings. The zero-order valence-corrected chi connectivity index (χ0v) is 46.9. The molecule has 4 aliphatic rings. The fourth-order valence-corrected chi connectivity index (χ4v) is 10.3. The quantitative estimate of drug-likeness (QED) is 0.0275. The van der Waals surface area contributed by atoms with Gasteiger partial charge in [-0.1, -0.05) is 53.7 Å². The average molecular weight is 1140 g/mol. The minimum Gasteiger partial charge on any atom is -0.480 e. The number of aromatic amines is 1. The lowest BCUT2D eigenvalue weighted by Crippen LogP contribution is -2.61. The Morgan fingerprint density at radius 3 is 2.07 bits per heavy atom. The predicted octanol–water partition coefficient (Wildman–Crippen LogP) is -3.11. The van der Waals surface area contributed by atoms with Gasteiger partial charge in [-0.05, 0) is 67.9 Å². The first-order valence-electron chi connectivity index (χ1n) is 27.5. The molecule has 1 fully saturated rings. The number of aromatic nitrogens is 3. The van der Waals surface area contributed by atoms with Crippen molar-refractivity contribution in [1.29, 1.82) is 0 Å². The topological polar surface area (TPSA) is 462 Å². The van der Waals surface area contributed by atoms with Crippen molar-refractivity contribution in [3.8, 4) is 5.82 Å². The molecule has 29 heteroatoms. The Hall–Kier alpha value is -8.79. The highest BCUT2D eigenvalue weighted by molar-refractivity contribution is 6.00. The number of H-pyrrole nitrogens is 1. The lowest BCUT2D eigenvalue weighted by molar-refractivity contribution is -0.142. The molecule has 1 aromatic carbocycles. The molecule has 7 rings (SSSR count). The molecule has 0 saturated carbocycles. The molecular formula is C53H78N18O11. The maximum Gasteiger partial charge on any atom is 0.326 e. The number of nitrogens with zero attached hydrogens (tertiary/aromatic N) is 4. The molecular weight excluding hydrogens is 1060 g/mol. The van der Waals surface area contributed by atoms with Gasteiger partial charge in [-0.25, -0.2) is 9.78 Å². The first kappa shape index (κ1) is 62.4. The number of carbonyl (C=O) groups is 10. The van der Waals surface area contributed by atoms with Gasteiger partial charge in [-0.2, -0.15) is 0 Å². The van der Waals surface area contributed by atoms with E-state index in [0.29, 0.717) is 27.8 Å². The number of amides is 9. The number of carboxylic acids is 1. The van der Waals surface area contributed by atoms with Gasteiger partial charge in [0.1, 0.15) is 60.5 Å². The van der Waals surface area contributed by atoms with E-state index in [1.165, 1.54) is 6.33 Å². The fourth-order valence-electron chi connectivity index (χ4n) is 10.3. The fraction of sp³-hybridized carbons (Fsp3) is 0.566. The van der Waals surface area contributed by atoms with E-state index in [4.69, 9.17) is 22.9 Å². The van der Waals surface area contributed by atoms with E-state index >= 15 is 4.79 Å². The smallest absolute Gasteiger partial charge is 0.326 e. The zero-order valence-electron chi connectivity index (χ0n) is 46.9. The van der Waals surface area contributed by atoms with Gasteiger partial charge in [0.25, 0.3) is 0 Å². The minimum absolute atomic E-state index is 0.0377. The lowest BCUT2D eigenvalue weighted by Gasteiger charge is -2.33. The summed E-state index contributed by atoms with van der Waals surface area (Å²) in [5, 5.41) is 35.0. The largest absolute Gasteiger partial charge is 0.480 e. The van der Waals surface area contributed by atoms with Crippen molar-refractivity contribution in [2.24, 2.45) is 50.7 Å². The van der Waals surface area contributed by atoms with E-state index in [1.54, 1.807) is 42.8 Å². The summed E-state index contributed by atoms with van der Waals surface area (Å²) in [6, 6.07) is -5.24. The van der Waals surface area contributed by atoms with E-state index in [-0.39, 0.29) is 106 Å². The summed E-state index contributed by atoms with van der Waals surface area (Å²) in [6.45, 7) is 10.2. The Bertz CT molecular complexity index is 2940. The Morgan fingerprint density at radius 1 is 0.756 bits per heavy atom. The highest BCUT2D eigenvalue weighted by Crippen LogP contribution is 2.35. The molecule has 0 unspecified atom stereocenters. The van der Waals surface area contributed by atoms with Gasteiger partial charge in [0.05, 0.1) is 12.2 Å². The molecule has 9 atom stereocenters. The number of hydrogen-bond donors (Lipinski definition) is 15. The Balaban J connectivity index is 1.55. The van der Waals surface area contributed by atoms with Crippen LogP contribution in [0, 0.1) is 17.8 Å². The number of aliphatic carboxylic acids is 1. The van der Waals surface area contributed by atoms with E-state index in [9.17, 15) is 48.3 Å². The van der Waals surface area contributed by atoms with E-state index in [1.807, 2.05) is 27.7 Å². The van der Waals surface area contributed by atoms with Gasteiger partial charge < -0.3 is 80.9 Å². The molecule has 7 bridgehead atoms. The first-order valence-corrected chi connectivity index (χ1v) is 27.5. The second-order valence-electron chi connectivity index (χ2n) is 22.0. The van der Waals surface area contributed by atoms with Crippen LogP contribution >= 0.6 is 0 Å². The third kappa shape index (κ3) is 16.6. The molecule has 82 heavy (non-hydrogen) atoms.